The third kappa shape index (κ3) is 3.02. The average molecular weight is 288 g/mol. The Kier molecular flexibility index (Phi) is 4.03. The molecule has 20 heavy (non-hydrogen) atoms. The van der Waals surface area contributed by atoms with Gasteiger partial charge in [-0.05, 0) is 43.4 Å². The summed E-state index contributed by atoms with van der Waals surface area (Å²) in [6, 6.07) is 9.06. The fraction of sp³-hybridized carbons (Fsp3) is 0.438. The zero-order valence-corrected chi connectivity index (χ0v) is 12.7. The van der Waals surface area contributed by atoms with E-state index < -0.39 is 0 Å². The average Bonchev–Trinajstić information content (AvgIpc) is 2.83. The molecule has 0 unspecified atom stereocenters. The van der Waals surface area contributed by atoms with Crippen LogP contribution in [0, 0.1) is 6.92 Å². The van der Waals surface area contributed by atoms with Crippen LogP contribution in [0.25, 0.3) is 0 Å². The number of aromatic nitrogens is 1. The third-order valence-electron chi connectivity index (χ3n) is 3.91. The highest BCUT2D eigenvalue weighted by molar-refractivity contribution is 7.11. The Bertz CT molecular complexity index is 575. The van der Waals surface area contributed by atoms with Gasteiger partial charge in [-0.3, -0.25) is 0 Å². The summed E-state index contributed by atoms with van der Waals surface area (Å²) in [6.45, 7) is 3.00. The van der Waals surface area contributed by atoms with Crippen LogP contribution in [0.15, 0.2) is 30.5 Å². The SMILES string of the molecule is COc1cccc(C2CC(NCc3ncc(C)s3)C2)c1. The van der Waals surface area contributed by atoms with Gasteiger partial charge in [0.05, 0.1) is 7.11 Å². The molecule has 1 heterocycles. The summed E-state index contributed by atoms with van der Waals surface area (Å²) in [5, 5.41) is 4.78. The first-order chi connectivity index (χ1) is 9.74. The van der Waals surface area contributed by atoms with E-state index in [2.05, 4.69) is 35.4 Å². The van der Waals surface area contributed by atoms with E-state index in [1.807, 2.05) is 12.3 Å². The molecule has 3 nitrogen and oxygen atoms in total. The van der Waals surface area contributed by atoms with Crippen LogP contribution in [-0.2, 0) is 6.54 Å². The summed E-state index contributed by atoms with van der Waals surface area (Å²) in [5.74, 6) is 1.62. The lowest BCUT2D eigenvalue weighted by molar-refractivity contribution is 0.288. The van der Waals surface area contributed by atoms with Crippen molar-refractivity contribution >= 4 is 11.3 Å². The number of rotatable bonds is 5. The molecule has 1 fully saturated rings. The molecule has 0 amide bonds. The van der Waals surface area contributed by atoms with Crippen molar-refractivity contribution in [3.63, 3.8) is 0 Å². The van der Waals surface area contributed by atoms with E-state index in [-0.39, 0.29) is 0 Å². The first-order valence-corrected chi connectivity index (χ1v) is 7.85. The maximum absolute atomic E-state index is 5.29. The van der Waals surface area contributed by atoms with Gasteiger partial charge < -0.3 is 10.1 Å². The van der Waals surface area contributed by atoms with E-state index in [0.29, 0.717) is 12.0 Å². The summed E-state index contributed by atoms with van der Waals surface area (Å²) >= 11 is 1.78. The fourth-order valence-electron chi connectivity index (χ4n) is 2.67. The Morgan fingerprint density at radius 1 is 1.40 bits per heavy atom. The minimum atomic E-state index is 0.621. The van der Waals surface area contributed by atoms with Crippen molar-refractivity contribution in [2.75, 3.05) is 7.11 Å². The van der Waals surface area contributed by atoms with Gasteiger partial charge in [-0.25, -0.2) is 4.98 Å². The second-order valence-corrected chi connectivity index (χ2v) is 6.71. The van der Waals surface area contributed by atoms with Gasteiger partial charge in [-0.15, -0.1) is 11.3 Å². The van der Waals surface area contributed by atoms with Crippen molar-refractivity contribution < 1.29 is 4.74 Å². The maximum Gasteiger partial charge on any atom is 0.119 e. The molecule has 1 aliphatic carbocycles. The quantitative estimate of drug-likeness (QED) is 0.914. The van der Waals surface area contributed by atoms with Gasteiger partial charge in [0, 0.05) is 23.7 Å². The molecule has 0 spiro atoms. The van der Waals surface area contributed by atoms with Gasteiger partial charge >= 0.3 is 0 Å². The Labute approximate surface area is 124 Å². The molecule has 4 heteroatoms. The molecule has 3 rings (SSSR count). The minimum absolute atomic E-state index is 0.621. The molecule has 0 radical (unpaired) electrons. The lowest BCUT2D eigenvalue weighted by atomic mass is 9.76. The van der Waals surface area contributed by atoms with Crippen molar-refractivity contribution in [1.82, 2.24) is 10.3 Å². The summed E-state index contributed by atoms with van der Waals surface area (Å²) in [7, 11) is 1.72. The third-order valence-corrected chi connectivity index (χ3v) is 4.83. The van der Waals surface area contributed by atoms with Gasteiger partial charge in [0.25, 0.3) is 0 Å². The number of ether oxygens (including phenoxy) is 1. The second kappa shape index (κ2) is 5.94. The monoisotopic (exact) mass is 288 g/mol. The summed E-state index contributed by atoms with van der Waals surface area (Å²) in [5.41, 5.74) is 1.40. The Morgan fingerprint density at radius 2 is 2.25 bits per heavy atom. The number of aryl methyl sites for hydroxylation is 1. The Hall–Kier alpha value is -1.39. The van der Waals surface area contributed by atoms with Gasteiger partial charge in [-0.2, -0.15) is 0 Å². The molecule has 0 aliphatic heterocycles. The zero-order chi connectivity index (χ0) is 13.9. The predicted molar refractivity (Wildman–Crippen MR) is 82.4 cm³/mol. The van der Waals surface area contributed by atoms with Gasteiger partial charge in [-0.1, -0.05) is 12.1 Å². The van der Waals surface area contributed by atoms with E-state index in [4.69, 9.17) is 4.74 Å². The first kappa shape index (κ1) is 13.6. The van der Waals surface area contributed by atoms with Crippen LogP contribution in [0.2, 0.25) is 0 Å². The van der Waals surface area contributed by atoms with E-state index >= 15 is 0 Å². The lowest BCUT2D eigenvalue weighted by Gasteiger charge is -2.36. The normalized spacial score (nSPS) is 21.5. The summed E-state index contributed by atoms with van der Waals surface area (Å²) in [6.07, 6.45) is 4.36. The van der Waals surface area contributed by atoms with Crippen LogP contribution in [0.1, 0.15) is 34.2 Å². The van der Waals surface area contributed by atoms with Crippen LogP contribution in [0.4, 0.5) is 0 Å². The van der Waals surface area contributed by atoms with E-state index in [1.165, 1.54) is 28.3 Å². The molecule has 106 valence electrons. The largest absolute Gasteiger partial charge is 0.497 e. The van der Waals surface area contributed by atoms with Crippen LogP contribution in [0.3, 0.4) is 0 Å². The Balaban J connectivity index is 1.48. The van der Waals surface area contributed by atoms with Gasteiger partial charge in [0.2, 0.25) is 0 Å². The fourth-order valence-corrected chi connectivity index (χ4v) is 3.40. The predicted octanol–water partition coefficient (Wildman–Crippen LogP) is 3.50. The number of hydrogen-bond donors (Lipinski definition) is 1. The molecule has 1 aliphatic rings. The van der Waals surface area contributed by atoms with Crippen molar-refractivity contribution in [2.24, 2.45) is 0 Å². The molecule has 1 aromatic heterocycles. The number of methoxy groups -OCH3 is 1. The topological polar surface area (TPSA) is 34.1 Å². The van der Waals surface area contributed by atoms with Crippen molar-refractivity contribution in [3.8, 4) is 5.75 Å². The highest BCUT2D eigenvalue weighted by Gasteiger charge is 2.30. The number of benzene rings is 1. The Morgan fingerprint density at radius 3 is 2.95 bits per heavy atom. The van der Waals surface area contributed by atoms with E-state index in [1.54, 1.807) is 18.4 Å². The molecule has 2 aromatic rings. The van der Waals surface area contributed by atoms with Crippen molar-refractivity contribution in [2.45, 2.75) is 38.3 Å². The number of nitrogens with zero attached hydrogens (tertiary/aromatic N) is 1. The van der Waals surface area contributed by atoms with Crippen LogP contribution >= 0.6 is 11.3 Å². The molecule has 1 N–H and O–H groups in total. The zero-order valence-electron chi connectivity index (χ0n) is 11.9. The molecule has 1 aromatic carbocycles. The maximum atomic E-state index is 5.29. The van der Waals surface area contributed by atoms with Crippen LogP contribution in [-0.4, -0.2) is 18.1 Å². The number of nitrogens with one attached hydrogen (secondary N) is 1. The highest BCUT2D eigenvalue weighted by atomic mass is 32.1. The second-order valence-electron chi connectivity index (χ2n) is 5.39. The van der Waals surface area contributed by atoms with Gasteiger partial charge in [0.1, 0.15) is 10.8 Å². The molecule has 0 atom stereocenters. The van der Waals surface area contributed by atoms with E-state index in [0.717, 1.165) is 12.3 Å². The minimum Gasteiger partial charge on any atom is -0.497 e. The molecular weight excluding hydrogens is 268 g/mol. The standard InChI is InChI=1S/C16H20N2OS/c1-11-9-18-16(20-11)10-17-14-6-13(7-14)12-4-3-5-15(8-12)19-2/h3-5,8-9,13-14,17H,6-7,10H2,1-2H3. The summed E-state index contributed by atoms with van der Waals surface area (Å²) in [4.78, 5) is 5.67. The van der Waals surface area contributed by atoms with E-state index in [9.17, 15) is 0 Å². The molecule has 0 saturated heterocycles. The first-order valence-electron chi connectivity index (χ1n) is 7.03. The van der Waals surface area contributed by atoms with Gasteiger partial charge in [0.15, 0.2) is 0 Å². The van der Waals surface area contributed by atoms with Crippen molar-refractivity contribution in [3.05, 3.63) is 45.9 Å². The highest BCUT2D eigenvalue weighted by Crippen LogP contribution is 2.38. The smallest absolute Gasteiger partial charge is 0.119 e. The van der Waals surface area contributed by atoms with Crippen LogP contribution < -0.4 is 10.1 Å². The van der Waals surface area contributed by atoms with Crippen LogP contribution in [0.5, 0.6) is 5.75 Å². The van der Waals surface area contributed by atoms with Crippen molar-refractivity contribution in [1.29, 1.82) is 0 Å². The number of thiazole rings is 1. The summed E-state index contributed by atoms with van der Waals surface area (Å²) < 4.78 is 5.29. The molecule has 0 bridgehead atoms. The molecular formula is C16H20N2OS. The molecule has 1 saturated carbocycles. The number of hydrogen-bond acceptors (Lipinski definition) is 4. The lowest BCUT2D eigenvalue weighted by Crippen LogP contribution is -2.39.